The molecule has 17 nitrogen and oxygen atoms in total. The second-order valence-corrected chi connectivity index (χ2v) is 29.3. The summed E-state index contributed by atoms with van der Waals surface area (Å²) in [5, 5.41) is 10.6. The normalized spacial score (nSPS) is 14.4. The molecule has 3 N–H and O–H groups in total. The van der Waals surface area contributed by atoms with Crippen LogP contribution in [-0.4, -0.2) is 96.7 Å². The van der Waals surface area contributed by atoms with Crippen LogP contribution in [0.3, 0.4) is 0 Å². The maximum atomic E-state index is 13.0. The van der Waals surface area contributed by atoms with Crippen LogP contribution in [0.25, 0.3) is 0 Å². The van der Waals surface area contributed by atoms with Crippen molar-refractivity contribution in [2.45, 2.75) is 381 Å². The van der Waals surface area contributed by atoms with Crippen LogP contribution >= 0.6 is 15.6 Å². The number of carbonyl (C=O) groups is 4. The van der Waals surface area contributed by atoms with Crippen molar-refractivity contribution >= 4 is 39.5 Å². The Labute approximate surface area is 549 Å². The summed E-state index contributed by atoms with van der Waals surface area (Å²) in [5.74, 6) is -0.610. The van der Waals surface area contributed by atoms with Gasteiger partial charge in [0.25, 0.3) is 0 Å². The lowest BCUT2D eigenvalue weighted by Crippen LogP contribution is -2.30. The van der Waals surface area contributed by atoms with E-state index in [2.05, 4.69) is 41.5 Å². The molecule has 0 bridgehead atoms. The Kier molecular flexibility index (Phi) is 61.8. The number of ether oxygens (including phenoxy) is 4. The molecule has 0 rings (SSSR count). The number of hydrogen-bond acceptors (Lipinski definition) is 15. The minimum absolute atomic E-state index is 0.105. The zero-order valence-corrected chi connectivity index (χ0v) is 60.2. The lowest BCUT2D eigenvalue weighted by molar-refractivity contribution is -0.161. The Hall–Kier alpha value is -1.94. The molecule has 0 aliphatic rings. The lowest BCUT2D eigenvalue weighted by Gasteiger charge is -2.21. The van der Waals surface area contributed by atoms with Gasteiger partial charge >= 0.3 is 39.5 Å². The van der Waals surface area contributed by atoms with Gasteiger partial charge in [-0.1, -0.05) is 311 Å². The second-order valence-electron chi connectivity index (χ2n) is 26.3. The predicted molar refractivity (Wildman–Crippen MR) is 363 cm³/mol. The molecule has 0 saturated heterocycles. The highest BCUT2D eigenvalue weighted by Gasteiger charge is 2.30. The third kappa shape index (κ3) is 63.5. The smallest absolute Gasteiger partial charge is 0.462 e. The van der Waals surface area contributed by atoms with E-state index in [0.29, 0.717) is 25.7 Å². The Bertz CT molecular complexity index is 1750. The first kappa shape index (κ1) is 88.1. The summed E-state index contributed by atoms with van der Waals surface area (Å²) in [4.78, 5) is 72.6. The fraction of sp³-hybridized carbons (Fsp3) is 0.944. The van der Waals surface area contributed by atoms with E-state index in [-0.39, 0.29) is 25.7 Å². The van der Waals surface area contributed by atoms with E-state index < -0.39 is 97.5 Å². The lowest BCUT2D eigenvalue weighted by atomic mass is 9.99. The Morgan fingerprint density at radius 2 is 0.567 bits per heavy atom. The van der Waals surface area contributed by atoms with Gasteiger partial charge in [0.2, 0.25) is 0 Å². The fourth-order valence-electron chi connectivity index (χ4n) is 10.7. The first-order valence-corrected chi connectivity index (χ1v) is 40.0. The van der Waals surface area contributed by atoms with Crippen molar-refractivity contribution < 1.29 is 80.2 Å². The first-order valence-electron chi connectivity index (χ1n) is 37.0. The van der Waals surface area contributed by atoms with E-state index in [1.165, 1.54) is 180 Å². The molecule has 3 unspecified atom stereocenters. The molecule has 0 aromatic rings. The summed E-state index contributed by atoms with van der Waals surface area (Å²) in [7, 11) is -9.90. The second kappa shape index (κ2) is 63.1. The van der Waals surface area contributed by atoms with Crippen LogP contribution in [0.2, 0.25) is 0 Å². The maximum Gasteiger partial charge on any atom is 0.472 e. The topological polar surface area (TPSA) is 237 Å². The number of rotatable bonds is 70. The Balaban J connectivity index is 5.25. The average Bonchev–Trinajstić information content (AvgIpc) is 3.35. The van der Waals surface area contributed by atoms with Crippen molar-refractivity contribution in [1.82, 2.24) is 0 Å². The molecule has 0 spiro atoms. The quantitative estimate of drug-likeness (QED) is 0.0222. The molecule has 0 saturated carbocycles. The maximum absolute atomic E-state index is 13.0. The number of aliphatic hydroxyl groups is 1. The first-order chi connectivity index (χ1) is 43.4. The molecule has 0 fully saturated rings. The number of phosphoric acid groups is 2. The van der Waals surface area contributed by atoms with Crippen molar-refractivity contribution in [2.75, 3.05) is 39.6 Å². The number of hydrogen-bond donors (Lipinski definition) is 3. The van der Waals surface area contributed by atoms with E-state index in [1.807, 2.05) is 0 Å². The highest BCUT2D eigenvalue weighted by Crippen LogP contribution is 2.45. The number of unbranched alkanes of at least 4 members (excludes halogenated alkanes) is 39. The van der Waals surface area contributed by atoms with Crippen LogP contribution in [0.15, 0.2) is 0 Å². The van der Waals surface area contributed by atoms with Crippen molar-refractivity contribution in [2.24, 2.45) is 11.8 Å². The van der Waals surface area contributed by atoms with Crippen LogP contribution in [0.5, 0.6) is 0 Å². The summed E-state index contributed by atoms with van der Waals surface area (Å²) in [6.45, 7) is 9.53. The molecule has 0 amide bonds. The minimum atomic E-state index is -4.95. The summed E-state index contributed by atoms with van der Waals surface area (Å²) >= 11 is 0. The zero-order chi connectivity index (χ0) is 66.5. The highest BCUT2D eigenvalue weighted by atomic mass is 31.2. The number of carbonyl (C=O) groups excluding carboxylic acids is 4. The van der Waals surface area contributed by atoms with E-state index in [0.717, 1.165) is 102 Å². The molecule has 19 heteroatoms. The largest absolute Gasteiger partial charge is 0.472 e. The molecular formula is C71H138O17P2. The Morgan fingerprint density at radius 3 is 0.844 bits per heavy atom. The highest BCUT2D eigenvalue weighted by molar-refractivity contribution is 7.47. The molecular weight excluding hydrogens is 1190 g/mol. The number of phosphoric ester groups is 2. The minimum Gasteiger partial charge on any atom is -0.462 e. The third-order valence-electron chi connectivity index (χ3n) is 16.8. The Morgan fingerprint density at radius 1 is 0.322 bits per heavy atom. The summed E-state index contributed by atoms with van der Waals surface area (Å²) < 4.78 is 68.3. The van der Waals surface area contributed by atoms with Gasteiger partial charge in [-0.15, -0.1) is 0 Å². The van der Waals surface area contributed by atoms with E-state index in [4.69, 9.17) is 37.0 Å². The van der Waals surface area contributed by atoms with E-state index >= 15 is 0 Å². The fourth-order valence-corrected chi connectivity index (χ4v) is 12.3. The molecule has 0 aromatic heterocycles. The van der Waals surface area contributed by atoms with Crippen LogP contribution in [0.1, 0.15) is 363 Å². The van der Waals surface area contributed by atoms with Crippen LogP contribution in [-0.2, 0) is 65.4 Å². The van der Waals surface area contributed by atoms with Gasteiger partial charge < -0.3 is 33.8 Å². The van der Waals surface area contributed by atoms with Gasteiger partial charge in [-0.05, 0) is 37.5 Å². The summed E-state index contributed by atoms with van der Waals surface area (Å²) in [5.41, 5.74) is 0. The van der Waals surface area contributed by atoms with E-state index in [1.54, 1.807) is 0 Å². The van der Waals surface area contributed by atoms with Gasteiger partial charge in [0.05, 0.1) is 26.4 Å². The van der Waals surface area contributed by atoms with Gasteiger partial charge in [-0.2, -0.15) is 0 Å². The molecule has 0 heterocycles. The van der Waals surface area contributed by atoms with Gasteiger partial charge in [0.15, 0.2) is 12.2 Å². The molecule has 90 heavy (non-hydrogen) atoms. The number of aliphatic hydroxyl groups excluding tert-OH is 1. The standard InChI is InChI=1S/C71H138O17P2/c1-7-10-12-14-16-18-20-21-22-23-24-25-29-37-43-49-55-70(75)87-66(59-82-69(74)54-48-42-36-30-26-27-33-39-45-51-63(4)5)61-85-89(77,78)83-57-65(72)58-84-90(79,80)86-62-67(60-81-68(73)53-47-41-35-28-19-17-15-13-11-8-2)88-71(76)56-50-44-38-32-31-34-40-46-52-64(6)9-3/h63-67,72H,7-62H2,1-6H3,(H,77,78)(H,79,80)/t64?,65-,66-,67-/m1/s1. The van der Waals surface area contributed by atoms with Crippen molar-refractivity contribution in [3.63, 3.8) is 0 Å². The third-order valence-corrected chi connectivity index (χ3v) is 18.7. The molecule has 0 aliphatic heterocycles. The summed E-state index contributed by atoms with van der Waals surface area (Å²) in [6, 6.07) is 0. The molecule has 0 aromatic carbocycles. The molecule has 0 radical (unpaired) electrons. The van der Waals surface area contributed by atoms with Crippen molar-refractivity contribution in [1.29, 1.82) is 0 Å². The van der Waals surface area contributed by atoms with Crippen LogP contribution < -0.4 is 0 Å². The summed E-state index contributed by atoms with van der Waals surface area (Å²) in [6.07, 6.45) is 48.4. The zero-order valence-electron chi connectivity index (χ0n) is 58.4. The van der Waals surface area contributed by atoms with Crippen LogP contribution in [0, 0.1) is 11.8 Å². The van der Waals surface area contributed by atoms with Gasteiger partial charge in [-0.3, -0.25) is 37.3 Å². The predicted octanol–water partition coefficient (Wildman–Crippen LogP) is 20.4. The molecule has 0 aliphatic carbocycles. The van der Waals surface area contributed by atoms with E-state index in [9.17, 15) is 43.2 Å². The van der Waals surface area contributed by atoms with Crippen LogP contribution in [0.4, 0.5) is 0 Å². The van der Waals surface area contributed by atoms with Gasteiger partial charge in [0.1, 0.15) is 19.3 Å². The molecule has 6 atom stereocenters. The van der Waals surface area contributed by atoms with Crippen molar-refractivity contribution in [3.8, 4) is 0 Å². The number of esters is 4. The SMILES string of the molecule is CCCCCCCCCCCCCCCCCCC(=O)O[C@H](COC(=O)CCCCCCCCCCCC(C)C)COP(=O)(O)OC[C@@H](O)COP(=O)(O)OC[C@@H](COC(=O)CCCCCCCCCCCC)OC(=O)CCCCCCCCCCC(C)CC. The van der Waals surface area contributed by atoms with Gasteiger partial charge in [-0.25, -0.2) is 9.13 Å². The average molecular weight is 1330 g/mol. The van der Waals surface area contributed by atoms with Crippen molar-refractivity contribution in [3.05, 3.63) is 0 Å². The van der Waals surface area contributed by atoms with Gasteiger partial charge in [0, 0.05) is 25.7 Å². The molecule has 534 valence electrons. The monoisotopic (exact) mass is 1320 g/mol.